The zero-order valence-corrected chi connectivity index (χ0v) is 11.4. The van der Waals surface area contributed by atoms with Gasteiger partial charge in [-0.2, -0.15) is 5.10 Å². The van der Waals surface area contributed by atoms with E-state index in [0.717, 1.165) is 18.4 Å². The van der Waals surface area contributed by atoms with Gasteiger partial charge >= 0.3 is 0 Å². The summed E-state index contributed by atoms with van der Waals surface area (Å²) in [5, 5.41) is 4.14. The van der Waals surface area contributed by atoms with Crippen LogP contribution in [0.2, 0.25) is 0 Å². The van der Waals surface area contributed by atoms with Crippen molar-refractivity contribution >= 4 is 11.7 Å². The van der Waals surface area contributed by atoms with Crippen molar-refractivity contribution in [3.8, 4) is 0 Å². The number of nitrogen functional groups attached to an aromatic ring is 1. The summed E-state index contributed by atoms with van der Waals surface area (Å²) in [7, 11) is 1.87. The van der Waals surface area contributed by atoms with Gasteiger partial charge in [-0.15, -0.1) is 0 Å². The topological polar surface area (TPSA) is 77.0 Å². The fourth-order valence-electron chi connectivity index (χ4n) is 2.20. The second-order valence-corrected chi connectivity index (χ2v) is 5.16. The fourth-order valence-corrected chi connectivity index (χ4v) is 2.20. The number of carbonyl (C=O) groups excluding carboxylic acids is 1. The number of nitrogens with zero attached hydrogens (tertiary/aromatic N) is 4. The standard InChI is InChI=1S/C14H17N5O/c1-18-8-10(6-17-18)9-19(12-3-4-12)14(20)11-2-5-13(15)16-7-11/h2,5-8,12H,3-4,9H2,1H3,(H2,15,16). The molecule has 1 amide bonds. The molecule has 1 aliphatic rings. The molecule has 2 heterocycles. The van der Waals surface area contributed by atoms with Gasteiger partial charge in [-0.25, -0.2) is 4.98 Å². The van der Waals surface area contributed by atoms with Gasteiger partial charge < -0.3 is 10.6 Å². The van der Waals surface area contributed by atoms with E-state index in [4.69, 9.17) is 5.73 Å². The third-order valence-electron chi connectivity index (χ3n) is 3.39. The molecule has 0 aromatic carbocycles. The van der Waals surface area contributed by atoms with E-state index in [1.54, 1.807) is 23.0 Å². The molecular formula is C14H17N5O. The molecule has 2 aromatic heterocycles. The predicted octanol–water partition coefficient (Wildman–Crippen LogP) is 1.20. The Balaban J connectivity index is 1.79. The number of aryl methyl sites for hydroxylation is 1. The molecule has 1 aliphatic carbocycles. The lowest BCUT2D eigenvalue weighted by atomic mass is 10.2. The first-order chi connectivity index (χ1) is 9.63. The predicted molar refractivity (Wildman–Crippen MR) is 74.8 cm³/mol. The van der Waals surface area contributed by atoms with Crippen LogP contribution in [0.4, 0.5) is 5.82 Å². The van der Waals surface area contributed by atoms with E-state index in [-0.39, 0.29) is 5.91 Å². The number of anilines is 1. The van der Waals surface area contributed by atoms with Crippen LogP contribution in [0.15, 0.2) is 30.7 Å². The van der Waals surface area contributed by atoms with Gasteiger partial charge in [0.15, 0.2) is 0 Å². The summed E-state index contributed by atoms with van der Waals surface area (Å²) >= 11 is 0. The number of aromatic nitrogens is 3. The molecule has 1 fully saturated rings. The average Bonchev–Trinajstić information content (AvgIpc) is 3.19. The molecule has 104 valence electrons. The number of pyridine rings is 1. The first kappa shape index (κ1) is 12.7. The minimum Gasteiger partial charge on any atom is -0.384 e. The Morgan fingerprint density at radius 3 is 2.80 bits per heavy atom. The number of rotatable bonds is 4. The van der Waals surface area contributed by atoms with Crippen molar-refractivity contribution < 1.29 is 4.79 Å². The van der Waals surface area contributed by atoms with Crippen molar-refractivity contribution in [3.63, 3.8) is 0 Å². The summed E-state index contributed by atoms with van der Waals surface area (Å²) < 4.78 is 1.75. The Morgan fingerprint density at radius 2 is 2.25 bits per heavy atom. The smallest absolute Gasteiger partial charge is 0.255 e. The number of nitrogens with two attached hydrogens (primary N) is 1. The maximum atomic E-state index is 12.6. The Morgan fingerprint density at radius 1 is 1.45 bits per heavy atom. The van der Waals surface area contributed by atoms with Crippen LogP contribution in [0, 0.1) is 0 Å². The van der Waals surface area contributed by atoms with Crippen molar-refractivity contribution in [3.05, 3.63) is 41.9 Å². The molecule has 1 saturated carbocycles. The lowest BCUT2D eigenvalue weighted by molar-refractivity contribution is 0.0729. The van der Waals surface area contributed by atoms with Gasteiger partial charge in [0.2, 0.25) is 0 Å². The van der Waals surface area contributed by atoms with Gasteiger partial charge in [0, 0.05) is 37.6 Å². The first-order valence-electron chi connectivity index (χ1n) is 6.63. The largest absolute Gasteiger partial charge is 0.384 e. The lowest BCUT2D eigenvalue weighted by Crippen LogP contribution is -2.32. The van der Waals surface area contributed by atoms with Gasteiger partial charge in [0.1, 0.15) is 5.82 Å². The molecule has 6 nitrogen and oxygen atoms in total. The summed E-state index contributed by atoms with van der Waals surface area (Å²) in [5.74, 6) is 0.427. The molecule has 0 atom stereocenters. The highest BCUT2D eigenvalue weighted by atomic mass is 16.2. The van der Waals surface area contributed by atoms with Crippen molar-refractivity contribution in [1.82, 2.24) is 19.7 Å². The Kier molecular flexibility index (Phi) is 3.14. The van der Waals surface area contributed by atoms with E-state index >= 15 is 0 Å². The van der Waals surface area contributed by atoms with Crippen LogP contribution in [-0.4, -0.2) is 31.6 Å². The van der Waals surface area contributed by atoms with E-state index in [0.29, 0.717) is 24.0 Å². The molecule has 0 radical (unpaired) electrons. The van der Waals surface area contributed by atoms with Crippen molar-refractivity contribution in [2.24, 2.45) is 7.05 Å². The highest BCUT2D eigenvalue weighted by Crippen LogP contribution is 2.29. The number of amides is 1. The summed E-state index contributed by atoms with van der Waals surface area (Å²) in [4.78, 5) is 18.4. The van der Waals surface area contributed by atoms with E-state index in [9.17, 15) is 4.79 Å². The summed E-state index contributed by atoms with van der Waals surface area (Å²) in [6, 6.07) is 3.71. The number of hydrogen-bond acceptors (Lipinski definition) is 4. The molecule has 0 saturated heterocycles. The Bertz CT molecular complexity index is 615. The van der Waals surface area contributed by atoms with Gasteiger partial charge in [-0.1, -0.05) is 0 Å². The van der Waals surface area contributed by atoms with Crippen molar-refractivity contribution in [2.45, 2.75) is 25.4 Å². The number of hydrogen-bond donors (Lipinski definition) is 1. The van der Waals surface area contributed by atoms with Crippen LogP contribution in [-0.2, 0) is 13.6 Å². The molecule has 6 heteroatoms. The van der Waals surface area contributed by atoms with Crippen LogP contribution in [0.1, 0.15) is 28.8 Å². The van der Waals surface area contributed by atoms with Gasteiger partial charge in [-0.3, -0.25) is 9.48 Å². The molecule has 20 heavy (non-hydrogen) atoms. The second-order valence-electron chi connectivity index (χ2n) is 5.16. The molecule has 0 spiro atoms. The maximum Gasteiger partial charge on any atom is 0.255 e. The van der Waals surface area contributed by atoms with Crippen LogP contribution < -0.4 is 5.73 Å². The molecule has 2 aromatic rings. The minimum absolute atomic E-state index is 0.00357. The van der Waals surface area contributed by atoms with E-state index < -0.39 is 0 Å². The SMILES string of the molecule is Cn1cc(CN(C(=O)c2ccc(N)nc2)C2CC2)cn1. The van der Waals surface area contributed by atoms with Crippen molar-refractivity contribution in [1.29, 1.82) is 0 Å². The Hall–Kier alpha value is -2.37. The van der Waals surface area contributed by atoms with Crippen molar-refractivity contribution in [2.75, 3.05) is 5.73 Å². The van der Waals surface area contributed by atoms with Gasteiger partial charge in [-0.05, 0) is 25.0 Å². The normalized spacial score (nSPS) is 14.2. The molecule has 0 unspecified atom stereocenters. The van der Waals surface area contributed by atoms with E-state index in [2.05, 4.69) is 10.1 Å². The van der Waals surface area contributed by atoms with E-state index in [1.807, 2.05) is 18.1 Å². The Labute approximate surface area is 117 Å². The third kappa shape index (κ3) is 2.64. The van der Waals surface area contributed by atoms with E-state index in [1.165, 1.54) is 6.20 Å². The van der Waals surface area contributed by atoms with Crippen LogP contribution >= 0.6 is 0 Å². The first-order valence-corrected chi connectivity index (χ1v) is 6.63. The molecule has 2 N–H and O–H groups in total. The highest BCUT2D eigenvalue weighted by Gasteiger charge is 2.33. The van der Waals surface area contributed by atoms with Crippen LogP contribution in [0.5, 0.6) is 0 Å². The fraction of sp³-hybridized carbons (Fsp3) is 0.357. The quantitative estimate of drug-likeness (QED) is 0.906. The molecular weight excluding hydrogens is 254 g/mol. The van der Waals surface area contributed by atoms with Gasteiger partial charge in [0.05, 0.1) is 11.8 Å². The highest BCUT2D eigenvalue weighted by molar-refractivity contribution is 5.94. The molecule has 0 bridgehead atoms. The van der Waals surface area contributed by atoms with Crippen LogP contribution in [0.3, 0.4) is 0 Å². The summed E-state index contributed by atoms with van der Waals surface area (Å²) in [5.41, 5.74) is 7.17. The zero-order valence-electron chi connectivity index (χ0n) is 11.4. The van der Waals surface area contributed by atoms with Gasteiger partial charge in [0.25, 0.3) is 5.91 Å². The minimum atomic E-state index is 0.00357. The molecule has 0 aliphatic heterocycles. The summed E-state index contributed by atoms with van der Waals surface area (Å²) in [6.45, 7) is 0.585. The third-order valence-corrected chi connectivity index (χ3v) is 3.39. The lowest BCUT2D eigenvalue weighted by Gasteiger charge is -2.21. The van der Waals surface area contributed by atoms with Crippen LogP contribution in [0.25, 0.3) is 0 Å². The average molecular weight is 271 g/mol. The summed E-state index contributed by atoms with van der Waals surface area (Å²) in [6.07, 6.45) is 7.40. The monoisotopic (exact) mass is 271 g/mol. The molecule has 3 rings (SSSR count). The maximum absolute atomic E-state index is 12.6. The second kappa shape index (κ2) is 4.96. The number of carbonyl (C=O) groups is 1. The zero-order chi connectivity index (χ0) is 14.1.